The summed E-state index contributed by atoms with van der Waals surface area (Å²) in [6.45, 7) is 10.9. The van der Waals surface area contributed by atoms with Crippen molar-refractivity contribution in [1.82, 2.24) is 14.7 Å². The number of aromatic nitrogens is 2. The number of piperidine rings is 1. The van der Waals surface area contributed by atoms with Gasteiger partial charge < -0.3 is 15.1 Å². The highest BCUT2D eigenvalue weighted by Crippen LogP contribution is 2.28. The van der Waals surface area contributed by atoms with Crippen LogP contribution in [0.4, 0.5) is 0 Å². The number of aliphatic hydroxyl groups is 2. The molecule has 1 aliphatic rings. The Morgan fingerprint density at radius 3 is 2.64 bits per heavy atom. The Morgan fingerprint density at radius 1 is 1.17 bits per heavy atom. The summed E-state index contributed by atoms with van der Waals surface area (Å²) in [5.74, 6) is 0. The SMILES string of the molecule is CC(C)=C/C(=C\n1ncc(-c2cccc(C(C)O)c2)c1C)c1ccc(CCN2CCCC(O)C2)cc1. The minimum atomic E-state index is -0.501. The van der Waals surface area contributed by atoms with E-state index in [2.05, 4.69) is 73.4 Å². The van der Waals surface area contributed by atoms with Gasteiger partial charge in [-0.2, -0.15) is 5.10 Å². The number of nitrogens with zero attached hydrogens (tertiary/aromatic N) is 3. The molecule has 4 rings (SSSR count). The van der Waals surface area contributed by atoms with E-state index in [-0.39, 0.29) is 6.10 Å². The monoisotopic (exact) mass is 485 g/mol. The van der Waals surface area contributed by atoms with Crippen LogP contribution in [0.25, 0.3) is 22.9 Å². The second-order valence-electron chi connectivity index (χ2n) is 10.2. The number of β-amino-alcohol motifs (C(OH)–C–C–N with tert-alkyl or cyclic N) is 1. The molecule has 2 atom stereocenters. The summed E-state index contributed by atoms with van der Waals surface area (Å²) in [6.07, 6.45) is 8.50. The first kappa shape index (κ1) is 26.1. The normalized spacial score (nSPS) is 17.7. The van der Waals surface area contributed by atoms with Gasteiger partial charge in [-0.15, -0.1) is 0 Å². The van der Waals surface area contributed by atoms with Crippen LogP contribution in [-0.2, 0) is 6.42 Å². The van der Waals surface area contributed by atoms with Gasteiger partial charge in [0.1, 0.15) is 0 Å². The number of hydrogen-bond acceptors (Lipinski definition) is 4. The Hall–Kier alpha value is -2.99. The highest BCUT2D eigenvalue weighted by atomic mass is 16.3. The van der Waals surface area contributed by atoms with Gasteiger partial charge in [0.25, 0.3) is 0 Å². The van der Waals surface area contributed by atoms with Crippen LogP contribution >= 0.6 is 0 Å². The lowest BCUT2D eigenvalue weighted by Gasteiger charge is -2.29. The summed E-state index contributed by atoms with van der Waals surface area (Å²) in [5.41, 5.74) is 8.87. The third-order valence-electron chi connectivity index (χ3n) is 6.91. The molecule has 1 aliphatic heterocycles. The van der Waals surface area contributed by atoms with Crippen LogP contribution in [0.1, 0.15) is 62.1 Å². The summed E-state index contributed by atoms with van der Waals surface area (Å²) in [4.78, 5) is 2.37. The highest BCUT2D eigenvalue weighted by Gasteiger charge is 2.17. The van der Waals surface area contributed by atoms with Crippen molar-refractivity contribution in [3.05, 3.63) is 88.8 Å². The number of benzene rings is 2. The molecule has 2 unspecified atom stereocenters. The second kappa shape index (κ2) is 11.8. The zero-order valence-corrected chi connectivity index (χ0v) is 22.0. The molecule has 1 saturated heterocycles. The lowest BCUT2D eigenvalue weighted by atomic mass is 10.0. The Balaban J connectivity index is 1.55. The molecular weight excluding hydrogens is 446 g/mol. The molecule has 5 heteroatoms. The molecule has 36 heavy (non-hydrogen) atoms. The molecule has 1 aromatic heterocycles. The molecule has 1 fully saturated rings. The molecule has 2 aromatic carbocycles. The molecule has 0 saturated carbocycles. The predicted octanol–water partition coefficient (Wildman–Crippen LogP) is 5.88. The van der Waals surface area contributed by atoms with Gasteiger partial charge in [0.05, 0.1) is 18.4 Å². The lowest BCUT2D eigenvalue weighted by molar-refractivity contribution is 0.0714. The van der Waals surface area contributed by atoms with E-state index >= 15 is 0 Å². The molecule has 190 valence electrons. The van der Waals surface area contributed by atoms with Crippen molar-refractivity contribution in [1.29, 1.82) is 0 Å². The number of hydrogen-bond donors (Lipinski definition) is 2. The van der Waals surface area contributed by atoms with Gasteiger partial charge in [-0.25, -0.2) is 4.68 Å². The van der Waals surface area contributed by atoms with E-state index in [1.54, 1.807) is 6.92 Å². The molecule has 3 aromatic rings. The summed E-state index contributed by atoms with van der Waals surface area (Å²) in [7, 11) is 0. The minimum Gasteiger partial charge on any atom is -0.392 e. The quantitative estimate of drug-likeness (QED) is 0.392. The summed E-state index contributed by atoms with van der Waals surface area (Å²) in [5, 5.41) is 24.6. The molecule has 0 amide bonds. The maximum atomic E-state index is 9.98. The molecule has 5 nitrogen and oxygen atoms in total. The first-order chi connectivity index (χ1) is 17.3. The maximum Gasteiger partial charge on any atom is 0.0762 e. The second-order valence-corrected chi connectivity index (χ2v) is 10.2. The molecule has 0 radical (unpaired) electrons. The van der Waals surface area contributed by atoms with E-state index in [9.17, 15) is 10.2 Å². The van der Waals surface area contributed by atoms with Crippen molar-refractivity contribution in [3.63, 3.8) is 0 Å². The Bertz CT molecular complexity index is 1220. The van der Waals surface area contributed by atoms with E-state index in [4.69, 9.17) is 0 Å². The van der Waals surface area contributed by atoms with Gasteiger partial charge in [-0.05, 0) is 87.4 Å². The predicted molar refractivity (Wildman–Crippen MR) is 148 cm³/mol. The van der Waals surface area contributed by atoms with Crippen molar-refractivity contribution < 1.29 is 10.2 Å². The number of allylic oxidation sites excluding steroid dienone is 3. The minimum absolute atomic E-state index is 0.175. The van der Waals surface area contributed by atoms with Crippen LogP contribution in [-0.4, -0.2) is 50.6 Å². The number of rotatable bonds is 8. The third-order valence-corrected chi connectivity index (χ3v) is 6.91. The largest absolute Gasteiger partial charge is 0.392 e. The van der Waals surface area contributed by atoms with Crippen molar-refractivity contribution in [2.45, 2.75) is 59.2 Å². The molecular formula is C31H39N3O2. The van der Waals surface area contributed by atoms with E-state index in [0.29, 0.717) is 0 Å². The van der Waals surface area contributed by atoms with Crippen LogP contribution in [0, 0.1) is 6.92 Å². The highest BCUT2D eigenvalue weighted by molar-refractivity contribution is 5.83. The van der Waals surface area contributed by atoms with Crippen molar-refractivity contribution >= 4 is 11.8 Å². The topological polar surface area (TPSA) is 61.5 Å². The standard InChI is InChI=1S/C31H39N3O2/c1-22(2)17-29(26-12-10-25(11-13-26)14-16-33-15-6-9-30(36)21-33)20-34-23(3)31(19-32-34)28-8-5-7-27(18-28)24(4)35/h5,7-8,10-13,17-20,24,30,35-36H,6,9,14-16,21H2,1-4H3/b29-20+. The van der Waals surface area contributed by atoms with Gasteiger partial charge in [0.15, 0.2) is 0 Å². The molecule has 0 aliphatic carbocycles. The smallest absolute Gasteiger partial charge is 0.0762 e. The van der Waals surface area contributed by atoms with Crippen molar-refractivity contribution in [2.24, 2.45) is 0 Å². The fraction of sp³-hybridized carbons (Fsp3) is 0.387. The fourth-order valence-corrected chi connectivity index (χ4v) is 4.83. The summed E-state index contributed by atoms with van der Waals surface area (Å²) >= 11 is 0. The maximum absolute atomic E-state index is 9.98. The van der Waals surface area contributed by atoms with E-state index in [1.165, 1.54) is 11.1 Å². The zero-order valence-electron chi connectivity index (χ0n) is 22.0. The van der Waals surface area contributed by atoms with Crippen LogP contribution in [0.5, 0.6) is 0 Å². The number of aliphatic hydroxyl groups excluding tert-OH is 2. The van der Waals surface area contributed by atoms with E-state index in [0.717, 1.165) is 72.4 Å². The van der Waals surface area contributed by atoms with Gasteiger partial charge >= 0.3 is 0 Å². The average Bonchev–Trinajstić information content (AvgIpc) is 3.22. The summed E-state index contributed by atoms with van der Waals surface area (Å²) < 4.78 is 1.94. The van der Waals surface area contributed by atoms with E-state index < -0.39 is 6.10 Å². The van der Waals surface area contributed by atoms with Crippen molar-refractivity contribution in [3.8, 4) is 11.1 Å². The van der Waals surface area contributed by atoms with Gasteiger partial charge in [-0.3, -0.25) is 0 Å². The van der Waals surface area contributed by atoms with Crippen molar-refractivity contribution in [2.75, 3.05) is 19.6 Å². The zero-order chi connectivity index (χ0) is 25.7. The van der Waals surface area contributed by atoms with Crippen LogP contribution in [0.3, 0.4) is 0 Å². The lowest BCUT2D eigenvalue weighted by Crippen LogP contribution is -2.39. The van der Waals surface area contributed by atoms with Crippen LogP contribution < -0.4 is 0 Å². The first-order valence-corrected chi connectivity index (χ1v) is 13.0. The average molecular weight is 486 g/mol. The van der Waals surface area contributed by atoms with Crippen LogP contribution in [0.15, 0.2) is 66.4 Å². The van der Waals surface area contributed by atoms with Gasteiger partial charge in [-0.1, -0.05) is 54.1 Å². The van der Waals surface area contributed by atoms with Gasteiger partial charge in [0.2, 0.25) is 0 Å². The molecule has 0 spiro atoms. The van der Waals surface area contributed by atoms with Gasteiger partial charge in [0, 0.05) is 30.5 Å². The fourth-order valence-electron chi connectivity index (χ4n) is 4.83. The Kier molecular flexibility index (Phi) is 8.57. The summed E-state index contributed by atoms with van der Waals surface area (Å²) in [6, 6.07) is 16.8. The number of likely N-dealkylation sites (tertiary alicyclic amines) is 1. The Morgan fingerprint density at radius 2 is 1.94 bits per heavy atom. The molecule has 2 N–H and O–H groups in total. The van der Waals surface area contributed by atoms with E-state index in [1.807, 2.05) is 29.1 Å². The molecule has 0 bridgehead atoms. The molecule has 2 heterocycles. The first-order valence-electron chi connectivity index (χ1n) is 13.0. The third kappa shape index (κ3) is 6.61. The Labute approximate surface area is 215 Å². The van der Waals surface area contributed by atoms with Crippen LogP contribution in [0.2, 0.25) is 0 Å².